The van der Waals surface area contributed by atoms with E-state index < -0.39 is 0 Å². The molecule has 2 aromatic rings. The molecule has 0 aliphatic heterocycles. The van der Waals surface area contributed by atoms with Gasteiger partial charge in [-0.25, -0.2) is 0 Å². The van der Waals surface area contributed by atoms with E-state index in [1.807, 2.05) is 16.8 Å². The molecule has 0 saturated carbocycles. The first-order chi connectivity index (χ1) is 9.47. The average Bonchev–Trinajstić information content (AvgIpc) is 2.90. The Hall–Kier alpha value is -1.41. The molecular weight excluding hydrogens is 264 g/mol. The second kappa shape index (κ2) is 6.36. The highest BCUT2D eigenvalue weighted by molar-refractivity contribution is 7.08. The predicted octanol–water partition coefficient (Wildman–Crippen LogP) is 5.42. The molecule has 20 heavy (non-hydrogen) atoms. The zero-order valence-electron chi connectivity index (χ0n) is 12.6. The number of carbonyl (C=O) groups excluding carboxylic acids is 1. The number of hydrogen-bond acceptors (Lipinski definition) is 2. The van der Waals surface area contributed by atoms with Gasteiger partial charge in [-0.2, -0.15) is 11.3 Å². The third-order valence-electron chi connectivity index (χ3n) is 3.58. The number of carbonyl (C=O) groups is 1. The molecule has 0 fully saturated rings. The molecule has 0 amide bonds. The molecule has 2 rings (SSSR count). The quantitative estimate of drug-likeness (QED) is 0.671. The van der Waals surface area contributed by atoms with Crippen molar-refractivity contribution in [3.8, 4) is 0 Å². The number of rotatable bonds is 5. The van der Waals surface area contributed by atoms with Crippen molar-refractivity contribution in [3.05, 3.63) is 57.3 Å². The van der Waals surface area contributed by atoms with Crippen LogP contribution in [0.4, 0.5) is 0 Å². The van der Waals surface area contributed by atoms with Crippen molar-refractivity contribution in [1.29, 1.82) is 0 Å². The van der Waals surface area contributed by atoms with Crippen LogP contribution in [0.25, 0.3) is 0 Å². The Labute approximate surface area is 125 Å². The molecule has 0 unspecified atom stereocenters. The van der Waals surface area contributed by atoms with Crippen molar-refractivity contribution >= 4 is 17.1 Å². The van der Waals surface area contributed by atoms with Gasteiger partial charge in [0.1, 0.15) is 0 Å². The molecule has 0 spiro atoms. The molecule has 0 atom stereocenters. The van der Waals surface area contributed by atoms with Crippen molar-refractivity contribution in [1.82, 2.24) is 0 Å². The standard InChI is InChI=1S/C18H22OS/c1-12(2)15-8-16(13(3)4)10-17(9-15)18(19)7-14-5-6-20-11-14/h5-6,8-13H,7H2,1-4H3. The van der Waals surface area contributed by atoms with Gasteiger partial charge >= 0.3 is 0 Å². The molecule has 0 bridgehead atoms. The first-order valence-corrected chi connectivity index (χ1v) is 8.10. The summed E-state index contributed by atoms with van der Waals surface area (Å²) in [5.74, 6) is 1.11. The van der Waals surface area contributed by atoms with Crippen LogP contribution in [0, 0.1) is 0 Å². The maximum absolute atomic E-state index is 12.5. The van der Waals surface area contributed by atoms with Crippen molar-refractivity contribution in [3.63, 3.8) is 0 Å². The van der Waals surface area contributed by atoms with E-state index in [1.54, 1.807) is 11.3 Å². The van der Waals surface area contributed by atoms with Gasteiger partial charge < -0.3 is 0 Å². The van der Waals surface area contributed by atoms with Crippen LogP contribution in [0.5, 0.6) is 0 Å². The van der Waals surface area contributed by atoms with Gasteiger partial charge in [0, 0.05) is 12.0 Å². The number of hydrogen-bond donors (Lipinski definition) is 0. The van der Waals surface area contributed by atoms with E-state index in [-0.39, 0.29) is 5.78 Å². The SMILES string of the molecule is CC(C)c1cc(C(=O)Cc2ccsc2)cc(C(C)C)c1. The third kappa shape index (κ3) is 3.57. The van der Waals surface area contributed by atoms with Crippen LogP contribution in [-0.2, 0) is 6.42 Å². The van der Waals surface area contributed by atoms with Gasteiger partial charge in [-0.05, 0) is 57.5 Å². The Morgan fingerprint density at radius 3 is 2.10 bits per heavy atom. The number of Topliss-reactive ketones (excluding diaryl/α,β-unsaturated/α-hetero) is 1. The Balaban J connectivity index is 2.32. The topological polar surface area (TPSA) is 17.1 Å². The summed E-state index contributed by atoms with van der Waals surface area (Å²) in [5.41, 5.74) is 4.47. The lowest BCUT2D eigenvalue weighted by molar-refractivity contribution is 0.0993. The lowest BCUT2D eigenvalue weighted by Gasteiger charge is -2.13. The maximum Gasteiger partial charge on any atom is 0.167 e. The zero-order chi connectivity index (χ0) is 14.7. The fourth-order valence-corrected chi connectivity index (χ4v) is 2.85. The third-order valence-corrected chi connectivity index (χ3v) is 4.31. The normalized spacial score (nSPS) is 11.3. The van der Waals surface area contributed by atoms with E-state index >= 15 is 0 Å². The van der Waals surface area contributed by atoms with E-state index in [4.69, 9.17) is 0 Å². The molecule has 2 heteroatoms. The zero-order valence-corrected chi connectivity index (χ0v) is 13.5. The van der Waals surface area contributed by atoms with Gasteiger partial charge in [-0.1, -0.05) is 33.8 Å². The van der Waals surface area contributed by atoms with E-state index in [9.17, 15) is 4.79 Å². The lowest BCUT2D eigenvalue weighted by atomic mass is 9.91. The number of ketones is 1. The van der Waals surface area contributed by atoms with Crippen LogP contribution in [-0.4, -0.2) is 5.78 Å². The summed E-state index contributed by atoms with van der Waals surface area (Å²) >= 11 is 1.64. The van der Waals surface area contributed by atoms with Gasteiger partial charge in [0.15, 0.2) is 5.78 Å². The van der Waals surface area contributed by atoms with Crippen LogP contribution in [0.15, 0.2) is 35.0 Å². The molecule has 0 aliphatic carbocycles. The first kappa shape index (κ1) is 15.0. The van der Waals surface area contributed by atoms with Crippen molar-refractivity contribution < 1.29 is 4.79 Å². The van der Waals surface area contributed by atoms with Crippen LogP contribution in [0.3, 0.4) is 0 Å². The highest BCUT2D eigenvalue weighted by atomic mass is 32.1. The van der Waals surface area contributed by atoms with Crippen LogP contribution >= 0.6 is 11.3 Å². The van der Waals surface area contributed by atoms with Crippen molar-refractivity contribution in [2.45, 2.75) is 46.0 Å². The summed E-state index contributed by atoms with van der Waals surface area (Å²) in [6.07, 6.45) is 0.503. The van der Waals surface area contributed by atoms with Gasteiger partial charge in [0.25, 0.3) is 0 Å². The summed E-state index contributed by atoms with van der Waals surface area (Å²) in [6, 6.07) is 8.38. The molecule has 0 aliphatic rings. The summed E-state index contributed by atoms with van der Waals surface area (Å²) < 4.78 is 0. The second-order valence-electron chi connectivity index (χ2n) is 5.93. The Bertz CT molecular complexity index is 553. The smallest absolute Gasteiger partial charge is 0.167 e. The molecular formula is C18H22OS. The van der Waals surface area contributed by atoms with Crippen LogP contribution < -0.4 is 0 Å². The molecule has 0 radical (unpaired) electrons. The second-order valence-corrected chi connectivity index (χ2v) is 6.71. The Morgan fingerprint density at radius 1 is 1.05 bits per heavy atom. The fraction of sp³-hybridized carbons (Fsp3) is 0.389. The minimum atomic E-state index is 0.216. The lowest BCUT2D eigenvalue weighted by Crippen LogP contribution is -2.06. The minimum absolute atomic E-state index is 0.216. The summed E-state index contributed by atoms with van der Waals surface area (Å²) in [4.78, 5) is 12.5. The van der Waals surface area contributed by atoms with Crippen molar-refractivity contribution in [2.24, 2.45) is 0 Å². The van der Waals surface area contributed by atoms with Gasteiger partial charge in [-0.15, -0.1) is 0 Å². The van der Waals surface area contributed by atoms with Gasteiger partial charge in [0.2, 0.25) is 0 Å². The van der Waals surface area contributed by atoms with Gasteiger partial charge in [0.05, 0.1) is 0 Å². The Kier molecular flexibility index (Phi) is 4.77. The molecule has 1 aromatic carbocycles. The largest absolute Gasteiger partial charge is 0.294 e. The van der Waals surface area contributed by atoms with E-state index in [2.05, 4.69) is 45.9 Å². The van der Waals surface area contributed by atoms with E-state index in [0.29, 0.717) is 18.3 Å². The highest BCUT2D eigenvalue weighted by Crippen LogP contribution is 2.24. The first-order valence-electron chi connectivity index (χ1n) is 7.16. The molecule has 106 valence electrons. The monoisotopic (exact) mass is 286 g/mol. The van der Waals surface area contributed by atoms with E-state index in [1.165, 1.54) is 11.1 Å². The fourth-order valence-electron chi connectivity index (χ4n) is 2.18. The summed E-state index contributed by atoms with van der Waals surface area (Å²) in [6.45, 7) is 8.69. The van der Waals surface area contributed by atoms with Crippen molar-refractivity contribution in [2.75, 3.05) is 0 Å². The number of thiophene rings is 1. The van der Waals surface area contributed by atoms with Gasteiger partial charge in [-0.3, -0.25) is 4.79 Å². The number of benzene rings is 1. The Morgan fingerprint density at radius 2 is 1.65 bits per heavy atom. The van der Waals surface area contributed by atoms with Crippen LogP contribution in [0.2, 0.25) is 0 Å². The average molecular weight is 286 g/mol. The maximum atomic E-state index is 12.5. The van der Waals surface area contributed by atoms with Crippen LogP contribution in [0.1, 0.15) is 66.6 Å². The van der Waals surface area contributed by atoms with E-state index in [0.717, 1.165) is 11.1 Å². The minimum Gasteiger partial charge on any atom is -0.294 e. The summed E-state index contributed by atoms with van der Waals surface area (Å²) in [7, 11) is 0. The molecule has 0 N–H and O–H groups in total. The predicted molar refractivity (Wildman–Crippen MR) is 87.0 cm³/mol. The molecule has 1 heterocycles. The molecule has 1 aromatic heterocycles. The molecule has 0 saturated heterocycles. The molecule has 1 nitrogen and oxygen atoms in total. The summed E-state index contributed by atoms with van der Waals surface area (Å²) in [5, 5.41) is 4.07. The highest BCUT2D eigenvalue weighted by Gasteiger charge is 2.13.